The van der Waals surface area contributed by atoms with Gasteiger partial charge in [0.2, 0.25) is 5.95 Å². The van der Waals surface area contributed by atoms with E-state index in [0.717, 1.165) is 50.0 Å². The summed E-state index contributed by atoms with van der Waals surface area (Å²) in [7, 11) is 0. The number of anilines is 3. The molecule has 2 fully saturated rings. The number of aromatic nitrogens is 3. The lowest BCUT2D eigenvalue weighted by atomic mass is 9.91. The van der Waals surface area contributed by atoms with Gasteiger partial charge in [0, 0.05) is 31.3 Å². The third kappa shape index (κ3) is 5.28. The van der Waals surface area contributed by atoms with Gasteiger partial charge in [-0.25, -0.2) is 14.4 Å². The van der Waals surface area contributed by atoms with Crippen molar-refractivity contribution in [1.82, 2.24) is 20.3 Å². The molecular formula is C22H28F4N6. The largest absolute Gasteiger partial charge is 0.416 e. The van der Waals surface area contributed by atoms with Crippen molar-refractivity contribution in [3.8, 4) is 0 Å². The van der Waals surface area contributed by atoms with Gasteiger partial charge < -0.3 is 15.5 Å². The molecule has 0 bridgehead atoms. The predicted molar refractivity (Wildman–Crippen MR) is 115 cm³/mol. The van der Waals surface area contributed by atoms with Gasteiger partial charge >= 0.3 is 6.18 Å². The van der Waals surface area contributed by atoms with Crippen molar-refractivity contribution in [3.05, 3.63) is 35.7 Å². The molecule has 6 nitrogen and oxygen atoms in total. The van der Waals surface area contributed by atoms with Crippen molar-refractivity contribution in [2.75, 3.05) is 36.4 Å². The van der Waals surface area contributed by atoms with Gasteiger partial charge in [-0.05, 0) is 57.3 Å². The van der Waals surface area contributed by atoms with Crippen molar-refractivity contribution in [2.24, 2.45) is 0 Å². The lowest BCUT2D eigenvalue weighted by molar-refractivity contribution is -0.137. The minimum absolute atomic E-state index is 0.0631. The van der Waals surface area contributed by atoms with E-state index in [1.165, 1.54) is 0 Å². The third-order valence-electron chi connectivity index (χ3n) is 6.41. The molecule has 32 heavy (non-hydrogen) atoms. The number of alkyl halides is 4. The first kappa shape index (κ1) is 22.7. The van der Waals surface area contributed by atoms with E-state index in [2.05, 4.69) is 20.6 Å². The second-order valence-electron chi connectivity index (χ2n) is 8.55. The smallest absolute Gasteiger partial charge is 0.341 e. The van der Waals surface area contributed by atoms with Crippen LogP contribution >= 0.6 is 0 Å². The fraction of sp³-hybridized carbons (Fsp3) is 0.591. The van der Waals surface area contributed by atoms with Crippen LogP contribution < -0.4 is 15.5 Å². The van der Waals surface area contributed by atoms with Crippen LogP contribution in [-0.4, -0.2) is 46.8 Å². The molecule has 0 unspecified atom stereocenters. The SMILES string of the molecule is CCC1(F)CCN(c2nc(Nc3cc(C(F)(F)F)ccn3)cc(C3CCNCC3)n2)CC1. The van der Waals surface area contributed by atoms with Crippen molar-refractivity contribution in [2.45, 2.75) is 56.8 Å². The number of hydrogen-bond acceptors (Lipinski definition) is 6. The van der Waals surface area contributed by atoms with Crippen LogP contribution in [0, 0.1) is 0 Å². The van der Waals surface area contributed by atoms with E-state index in [9.17, 15) is 17.6 Å². The number of piperidine rings is 2. The third-order valence-corrected chi connectivity index (χ3v) is 6.41. The quantitative estimate of drug-likeness (QED) is 0.635. The van der Waals surface area contributed by atoms with Gasteiger partial charge in [-0.2, -0.15) is 18.2 Å². The Kier molecular flexibility index (Phi) is 6.50. The summed E-state index contributed by atoms with van der Waals surface area (Å²) in [4.78, 5) is 15.3. The molecule has 2 aliphatic heterocycles. The van der Waals surface area contributed by atoms with Gasteiger partial charge in [-0.1, -0.05) is 6.92 Å². The fourth-order valence-corrected chi connectivity index (χ4v) is 4.25. The summed E-state index contributed by atoms with van der Waals surface area (Å²) in [6.45, 7) is 4.62. The number of rotatable bonds is 5. The van der Waals surface area contributed by atoms with Crippen molar-refractivity contribution < 1.29 is 17.6 Å². The van der Waals surface area contributed by atoms with E-state index >= 15 is 0 Å². The van der Waals surface area contributed by atoms with Crippen LogP contribution in [0.1, 0.15) is 56.2 Å². The standard InChI is InChI=1S/C22H28F4N6/c1-2-21(23)6-11-32(12-7-21)20-29-17(15-3-8-27-9-4-15)14-19(31-20)30-18-13-16(5-10-28-18)22(24,25)26/h5,10,13-15,27H,2-4,6-9,11-12H2,1H3,(H,28,29,30,31). The van der Waals surface area contributed by atoms with Crippen LogP contribution in [0.2, 0.25) is 0 Å². The summed E-state index contributed by atoms with van der Waals surface area (Å²) >= 11 is 0. The summed E-state index contributed by atoms with van der Waals surface area (Å²) in [6, 6.07) is 3.68. The summed E-state index contributed by atoms with van der Waals surface area (Å²) in [6.07, 6.45) is -0.211. The second-order valence-corrected chi connectivity index (χ2v) is 8.55. The van der Waals surface area contributed by atoms with Crippen LogP contribution in [0.15, 0.2) is 24.4 Å². The molecule has 174 valence electrons. The molecule has 0 aromatic carbocycles. The van der Waals surface area contributed by atoms with Gasteiger partial charge in [-0.3, -0.25) is 0 Å². The second kappa shape index (κ2) is 9.17. The molecule has 0 radical (unpaired) electrons. The van der Waals surface area contributed by atoms with Gasteiger partial charge in [0.15, 0.2) is 0 Å². The molecule has 2 aliphatic rings. The molecule has 2 N–H and O–H groups in total. The molecule has 4 heterocycles. The zero-order valence-corrected chi connectivity index (χ0v) is 18.1. The maximum atomic E-state index is 14.7. The normalized spacial score (nSPS) is 19.7. The molecule has 0 spiro atoms. The summed E-state index contributed by atoms with van der Waals surface area (Å²) in [5.41, 5.74) is -1.09. The highest BCUT2D eigenvalue weighted by Crippen LogP contribution is 2.34. The molecule has 2 saturated heterocycles. The highest BCUT2D eigenvalue weighted by molar-refractivity contribution is 5.55. The van der Waals surface area contributed by atoms with E-state index in [-0.39, 0.29) is 11.7 Å². The molecule has 0 saturated carbocycles. The zero-order valence-electron chi connectivity index (χ0n) is 18.1. The first-order chi connectivity index (χ1) is 15.3. The monoisotopic (exact) mass is 452 g/mol. The molecule has 0 atom stereocenters. The molecular weight excluding hydrogens is 424 g/mol. The lowest BCUT2D eigenvalue weighted by Gasteiger charge is -2.36. The zero-order chi connectivity index (χ0) is 22.8. The number of hydrogen-bond donors (Lipinski definition) is 2. The average Bonchev–Trinajstić information content (AvgIpc) is 2.79. The predicted octanol–water partition coefficient (Wildman–Crippen LogP) is 4.82. The van der Waals surface area contributed by atoms with Crippen LogP contribution in [0.4, 0.5) is 35.1 Å². The fourth-order valence-electron chi connectivity index (χ4n) is 4.25. The highest BCUT2D eigenvalue weighted by Gasteiger charge is 2.34. The average molecular weight is 453 g/mol. The lowest BCUT2D eigenvalue weighted by Crippen LogP contribution is -2.42. The number of nitrogens with one attached hydrogen (secondary N) is 2. The van der Waals surface area contributed by atoms with Crippen molar-refractivity contribution in [3.63, 3.8) is 0 Å². The Morgan fingerprint density at radius 3 is 2.50 bits per heavy atom. The van der Waals surface area contributed by atoms with Crippen molar-refractivity contribution >= 4 is 17.6 Å². The molecule has 2 aromatic heterocycles. The van der Waals surface area contributed by atoms with E-state index in [0.29, 0.717) is 44.1 Å². The number of halogens is 4. The Morgan fingerprint density at radius 1 is 1.12 bits per heavy atom. The van der Waals surface area contributed by atoms with Crippen LogP contribution in [0.25, 0.3) is 0 Å². The van der Waals surface area contributed by atoms with E-state index in [1.54, 1.807) is 6.07 Å². The summed E-state index contributed by atoms with van der Waals surface area (Å²) < 4.78 is 53.9. The molecule has 0 aliphatic carbocycles. The number of pyridine rings is 1. The summed E-state index contributed by atoms with van der Waals surface area (Å²) in [5.74, 6) is 1.17. The van der Waals surface area contributed by atoms with Gasteiger partial charge in [-0.15, -0.1) is 0 Å². The first-order valence-corrected chi connectivity index (χ1v) is 11.1. The molecule has 0 amide bonds. The molecule has 10 heteroatoms. The molecule has 2 aromatic rings. The van der Waals surface area contributed by atoms with Crippen LogP contribution in [0.3, 0.4) is 0 Å². The topological polar surface area (TPSA) is 66.0 Å². The van der Waals surface area contributed by atoms with E-state index in [1.807, 2.05) is 11.8 Å². The first-order valence-electron chi connectivity index (χ1n) is 11.1. The minimum Gasteiger partial charge on any atom is -0.341 e. The van der Waals surface area contributed by atoms with E-state index < -0.39 is 17.4 Å². The van der Waals surface area contributed by atoms with Gasteiger partial charge in [0.05, 0.1) is 11.3 Å². The maximum Gasteiger partial charge on any atom is 0.416 e. The molecule has 4 rings (SSSR count). The Labute approximate surface area is 184 Å². The van der Waals surface area contributed by atoms with E-state index in [4.69, 9.17) is 4.98 Å². The van der Waals surface area contributed by atoms with Gasteiger partial charge in [0.1, 0.15) is 17.3 Å². The highest BCUT2D eigenvalue weighted by atomic mass is 19.4. The Hall–Kier alpha value is -2.49. The Balaban J connectivity index is 1.62. The maximum absolute atomic E-state index is 14.7. The summed E-state index contributed by atoms with van der Waals surface area (Å²) in [5, 5.41) is 6.25. The Bertz CT molecular complexity index is 921. The van der Waals surface area contributed by atoms with Crippen LogP contribution in [-0.2, 0) is 6.18 Å². The minimum atomic E-state index is -4.46. The Morgan fingerprint density at radius 2 is 1.84 bits per heavy atom. The van der Waals surface area contributed by atoms with Crippen LogP contribution in [0.5, 0.6) is 0 Å². The van der Waals surface area contributed by atoms with Gasteiger partial charge in [0.25, 0.3) is 0 Å². The number of nitrogens with zero attached hydrogens (tertiary/aromatic N) is 4. The van der Waals surface area contributed by atoms with Crippen molar-refractivity contribution in [1.29, 1.82) is 0 Å².